The average molecular weight is 363 g/mol. The Bertz CT molecular complexity index is 436. The first-order chi connectivity index (χ1) is 10.4. The molecular formula is C17H28Cl2N2O2. The summed E-state index contributed by atoms with van der Waals surface area (Å²) in [6.07, 6.45) is 2.46. The van der Waals surface area contributed by atoms with E-state index in [1.165, 1.54) is 18.4 Å². The average Bonchev–Trinajstić information content (AvgIpc) is 2.55. The Morgan fingerprint density at radius 1 is 1.13 bits per heavy atom. The molecule has 23 heavy (non-hydrogen) atoms. The maximum absolute atomic E-state index is 6.00. The molecule has 4 nitrogen and oxygen atoms in total. The number of morpholine rings is 1. The zero-order valence-corrected chi connectivity index (χ0v) is 15.2. The first-order valence-corrected chi connectivity index (χ1v) is 8.13. The molecule has 0 radical (unpaired) electrons. The first kappa shape index (κ1) is 20.5. The van der Waals surface area contributed by atoms with E-state index < -0.39 is 0 Å². The second kappa shape index (κ2) is 11.1. The number of halogens is 2. The maximum Gasteiger partial charge on any atom is 0.119 e. The second-order valence-electron chi connectivity index (χ2n) is 6.04. The fraction of sp³-hybridized carbons (Fsp3) is 0.647. The molecule has 0 amide bonds. The van der Waals surface area contributed by atoms with Crippen LogP contribution in [0.1, 0.15) is 18.4 Å². The van der Waals surface area contributed by atoms with Crippen LogP contribution in [-0.4, -0.2) is 50.9 Å². The standard InChI is InChI=1S/C17H26N2O2.2ClH/c1-2-16(13-19-8-10-20-11-9-19)12-17(3-1)21-14-15-4-6-18-7-5-15;;/h1-3,12,15,18H,4-11,13-14H2;2*1H. The summed E-state index contributed by atoms with van der Waals surface area (Å²) in [5, 5.41) is 3.40. The molecule has 2 saturated heterocycles. The lowest BCUT2D eigenvalue weighted by Gasteiger charge is -2.26. The highest BCUT2D eigenvalue weighted by molar-refractivity contribution is 5.85. The van der Waals surface area contributed by atoms with Crippen LogP contribution in [0.2, 0.25) is 0 Å². The molecule has 2 fully saturated rings. The van der Waals surface area contributed by atoms with Crippen LogP contribution in [0.3, 0.4) is 0 Å². The molecule has 1 aromatic rings. The first-order valence-electron chi connectivity index (χ1n) is 8.13. The molecule has 0 unspecified atom stereocenters. The van der Waals surface area contributed by atoms with Gasteiger partial charge in [0.05, 0.1) is 19.8 Å². The molecular weight excluding hydrogens is 335 g/mol. The lowest BCUT2D eigenvalue weighted by Crippen LogP contribution is -2.35. The third kappa shape index (κ3) is 6.86. The van der Waals surface area contributed by atoms with Crippen LogP contribution in [0.25, 0.3) is 0 Å². The summed E-state index contributed by atoms with van der Waals surface area (Å²) in [6.45, 7) is 7.87. The van der Waals surface area contributed by atoms with Gasteiger partial charge in [-0.2, -0.15) is 0 Å². The molecule has 6 heteroatoms. The van der Waals surface area contributed by atoms with Crippen molar-refractivity contribution >= 4 is 24.8 Å². The molecule has 2 aliphatic heterocycles. The van der Waals surface area contributed by atoms with Crippen LogP contribution in [-0.2, 0) is 11.3 Å². The van der Waals surface area contributed by atoms with Crippen molar-refractivity contribution in [2.45, 2.75) is 19.4 Å². The Balaban J connectivity index is 0.00000132. The van der Waals surface area contributed by atoms with E-state index in [1.807, 2.05) is 0 Å². The zero-order valence-electron chi connectivity index (χ0n) is 13.5. The largest absolute Gasteiger partial charge is 0.493 e. The predicted octanol–water partition coefficient (Wildman–Crippen LogP) is 2.74. The van der Waals surface area contributed by atoms with Crippen molar-refractivity contribution in [1.82, 2.24) is 10.2 Å². The predicted molar refractivity (Wildman–Crippen MR) is 98.1 cm³/mol. The Labute approximate surface area is 151 Å². The number of hydrogen-bond acceptors (Lipinski definition) is 4. The van der Waals surface area contributed by atoms with Gasteiger partial charge in [-0.1, -0.05) is 12.1 Å². The van der Waals surface area contributed by atoms with Gasteiger partial charge in [-0.15, -0.1) is 24.8 Å². The van der Waals surface area contributed by atoms with E-state index in [-0.39, 0.29) is 24.8 Å². The van der Waals surface area contributed by atoms with Gasteiger partial charge in [0.15, 0.2) is 0 Å². The monoisotopic (exact) mass is 362 g/mol. The summed E-state index contributed by atoms with van der Waals surface area (Å²) < 4.78 is 11.4. The lowest BCUT2D eigenvalue weighted by molar-refractivity contribution is 0.0341. The molecule has 1 N–H and O–H groups in total. The third-order valence-electron chi connectivity index (χ3n) is 4.35. The van der Waals surface area contributed by atoms with Crippen LogP contribution >= 0.6 is 24.8 Å². The summed E-state index contributed by atoms with van der Waals surface area (Å²) in [7, 11) is 0. The second-order valence-corrected chi connectivity index (χ2v) is 6.04. The molecule has 2 heterocycles. The summed E-state index contributed by atoms with van der Waals surface area (Å²) in [4.78, 5) is 2.44. The highest BCUT2D eigenvalue weighted by atomic mass is 35.5. The summed E-state index contributed by atoms with van der Waals surface area (Å²) >= 11 is 0. The van der Waals surface area contributed by atoms with Crippen molar-refractivity contribution < 1.29 is 9.47 Å². The van der Waals surface area contributed by atoms with Crippen LogP contribution < -0.4 is 10.1 Å². The van der Waals surface area contributed by atoms with Crippen molar-refractivity contribution in [2.75, 3.05) is 46.0 Å². The van der Waals surface area contributed by atoms with Gasteiger partial charge in [0.2, 0.25) is 0 Å². The molecule has 0 bridgehead atoms. The fourth-order valence-electron chi connectivity index (χ4n) is 3.01. The van der Waals surface area contributed by atoms with Crippen molar-refractivity contribution in [3.05, 3.63) is 29.8 Å². The highest BCUT2D eigenvalue weighted by Gasteiger charge is 2.14. The minimum atomic E-state index is 0. The van der Waals surface area contributed by atoms with Crippen LogP contribution in [0, 0.1) is 5.92 Å². The van der Waals surface area contributed by atoms with Crippen molar-refractivity contribution in [2.24, 2.45) is 5.92 Å². The van der Waals surface area contributed by atoms with Gasteiger partial charge in [0.25, 0.3) is 0 Å². The molecule has 0 atom stereocenters. The van der Waals surface area contributed by atoms with E-state index in [0.717, 1.165) is 58.3 Å². The molecule has 2 aliphatic rings. The summed E-state index contributed by atoms with van der Waals surface area (Å²) in [5.74, 6) is 1.72. The number of ether oxygens (including phenoxy) is 2. The number of benzene rings is 1. The van der Waals surface area contributed by atoms with Crippen LogP contribution in [0.4, 0.5) is 0 Å². The quantitative estimate of drug-likeness (QED) is 0.872. The van der Waals surface area contributed by atoms with Crippen LogP contribution in [0.5, 0.6) is 5.75 Å². The van der Waals surface area contributed by atoms with E-state index in [9.17, 15) is 0 Å². The van der Waals surface area contributed by atoms with Gasteiger partial charge < -0.3 is 14.8 Å². The third-order valence-corrected chi connectivity index (χ3v) is 4.35. The molecule has 0 saturated carbocycles. The lowest BCUT2D eigenvalue weighted by atomic mass is 9.99. The minimum absolute atomic E-state index is 0. The Hall–Kier alpha value is -0.520. The fourth-order valence-corrected chi connectivity index (χ4v) is 3.01. The number of piperidine rings is 1. The Morgan fingerprint density at radius 3 is 2.61 bits per heavy atom. The smallest absolute Gasteiger partial charge is 0.119 e. The number of hydrogen-bond donors (Lipinski definition) is 1. The molecule has 3 rings (SSSR count). The van der Waals surface area contributed by atoms with Crippen molar-refractivity contribution in [3.63, 3.8) is 0 Å². The van der Waals surface area contributed by atoms with Crippen molar-refractivity contribution in [1.29, 1.82) is 0 Å². The van der Waals surface area contributed by atoms with Crippen LogP contribution in [0.15, 0.2) is 24.3 Å². The van der Waals surface area contributed by atoms with E-state index in [0.29, 0.717) is 5.92 Å². The van der Waals surface area contributed by atoms with E-state index >= 15 is 0 Å². The van der Waals surface area contributed by atoms with E-state index in [4.69, 9.17) is 9.47 Å². The van der Waals surface area contributed by atoms with Crippen molar-refractivity contribution in [3.8, 4) is 5.75 Å². The van der Waals surface area contributed by atoms with Gasteiger partial charge in [-0.3, -0.25) is 4.90 Å². The zero-order chi connectivity index (χ0) is 14.3. The van der Waals surface area contributed by atoms with Gasteiger partial charge in [-0.05, 0) is 49.5 Å². The van der Waals surface area contributed by atoms with Gasteiger partial charge in [0, 0.05) is 19.6 Å². The van der Waals surface area contributed by atoms with E-state index in [1.54, 1.807) is 0 Å². The van der Waals surface area contributed by atoms with Gasteiger partial charge in [-0.25, -0.2) is 0 Å². The number of nitrogens with one attached hydrogen (secondary N) is 1. The topological polar surface area (TPSA) is 33.7 Å². The maximum atomic E-state index is 6.00. The summed E-state index contributed by atoms with van der Waals surface area (Å²) in [6, 6.07) is 8.56. The Morgan fingerprint density at radius 2 is 1.87 bits per heavy atom. The molecule has 132 valence electrons. The molecule has 1 aromatic carbocycles. The van der Waals surface area contributed by atoms with Gasteiger partial charge >= 0.3 is 0 Å². The molecule has 0 spiro atoms. The van der Waals surface area contributed by atoms with Gasteiger partial charge in [0.1, 0.15) is 5.75 Å². The number of nitrogens with zero attached hydrogens (tertiary/aromatic N) is 1. The number of rotatable bonds is 5. The highest BCUT2D eigenvalue weighted by Crippen LogP contribution is 2.18. The molecule has 0 aromatic heterocycles. The minimum Gasteiger partial charge on any atom is -0.493 e. The Kier molecular flexibility index (Phi) is 9.91. The SMILES string of the molecule is Cl.Cl.c1cc(CN2CCOCC2)cc(OCC2CCNCC2)c1. The molecule has 0 aliphatic carbocycles. The normalized spacial score (nSPS) is 19.5. The summed E-state index contributed by atoms with van der Waals surface area (Å²) in [5.41, 5.74) is 1.33. The van der Waals surface area contributed by atoms with E-state index in [2.05, 4.69) is 34.5 Å².